The molecule has 0 aromatic heterocycles. The number of carbonyl (C=O) groups is 3. The number of esters is 1. The third kappa shape index (κ3) is 8.51. The van der Waals surface area contributed by atoms with Crippen molar-refractivity contribution >= 4 is 29.5 Å². The topological polar surface area (TPSA) is 159 Å². The largest absolute Gasteiger partial charge is 0.512 e. The minimum absolute atomic E-state index is 0.0413. The number of piperidine rings is 1. The van der Waals surface area contributed by atoms with Gasteiger partial charge in [0.25, 0.3) is 0 Å². The number of aliphatic hydroxyl groups excluding tert-OH is 1. The van der Waals surface area contributed by atoms with Crippen molar-refractivity contribution in [3.63, 3.8) is 0 Å². The molecule has 12 nitrogen and oxygen atoms in total. The molecule has 43 heavy (non-hydrogen) atoms. The molecular formula is C31H48N6O6. The lowest BCUT2D eigenvalue weighted by atomic mass is 9.76. The van der Waals surface area contributed by atoms with E-state index in [1.165, 1.54) is 0 Å². The summed E-state index contributed by atoms with van der Waals surface area (Å²) in [5.41, 5.74) is 6.58. The molecule has 1 aliphatic carbocycles. The fourth-order valence-corrected chi connectivity index (χ4v) is 6.34. The molecule has 238 valence electrons. The zero-order valence-electron chi connectivity index (χ0n) is 26.3. The van der Waals surface area contributed by atoms with Crippen LogP contribution >= 0.6 is 0 Å². The van der Waals surface area contributed by atoms with Crippen LogP contribution in [0.25, 0.3) is 0 Å². The van der Waals surface area contributed by atoms with Gasteiger partial charge in [-0.3, -0.25) is 9.79 Å². The number of ether oxygens (including phenoxy) is 2. The number of nitrogens with two attached hydrogens (primary N) is 1. The molecule has 3 heterocycles. The second-order valence-corrected chi connectivity index (χ2v) is 13.2. The van der Waals surface area contributed by atoms with E-state index in [2.05, 4.69) is 15.4 Å². The molecule has 1 saturated carbocycles. The summed E-state index contributed by atoms with van der Waals surface area (Å²) in [6.45, 7) is 10.7. The van der Waals surface area contributed by atoms with E-state index in [0.29, 0.717) is 39.0 Å². The molecule has 0 radical (unpaired) electrons. The first-order valence-corrected chi connectivity index (χ1v) is 15.5. The van der Waals surface area contributed by atoms with Crippen LogP contribution in [0, 0.1) is 5.92 Å². The summed E-state index contributed by atoms with van der Waals surface area (Å²) in [4.78, 5) is 44.7. The van der Waals surface area contributed by atoms with Gasteiger partial charge in [0.15, 0.2) is 0 Å². The number of carbonyl (C=O) groups excluding carboxylic acids is 3. The number of likely N-dealkylation sites (tertiary alicyclic amines) is 1. The van der Waals surface area contributed by atoms with Crippen LogP contribution in [0.3, 0.4) is 0 Å². The first kappa shape index (κ1) is 32.3. The van der Waals surface area contributed by atoms with E-state index in [1.807, 2.05) is 40.7 Å². The zero-order valence-corrected chi connectivity index (χ0v) is 26.3. The quantitative estimate of drug-likeness (QED) is 0.212. The highest BCUT2D eigenvalue weighted by Crippen LogP contribution is 2.46. The van der Waals surface area contributed by atoms with Crippen molar-refractivity contribution in [3.05, 3.63) is 23.1 Å². The predicted octanol–water partition coefficient (Wildman–Crippen LogP) is 4.27. The fourth-order valence-electron chi connectivity index (χ4n) is 6.34. The Kier molecular flexibility index (Phi) is 10.1. The average Bonchev–Trinajstić information content (AvgIpc) is 3.47. The molecule has 2 amide bonds. The predicted molar refractivity (Wildman–Crippen MR) is 163 cm³/mol. The molecule has 12 heteroatoms. The summed E-state index contributed by atoms with van der Waals surface area (Å²) in [7, 11) is 0. The standard InChI is InChI=1S/C31H48N6O6/c1-20-16-21(2)37(19-33-20)35-26(32)17-24-25(38)18-31(42-28(24)40,22-8-6-7-9-22)13-10-27(39)34-23-11-14-36(15-12-23)29(41)43-30(3,4)5/h16,22-23,38H,6-15,17-19H2,1-5H3,(H2,32,35)(H,34,39). The lowest BCUT2D eigenvalue weighted by Gasteiger charge is -2.41. The number of rotatable bonds is 8. The summed E-state index contributed by atoms with van der Waals surface area (Å²) in [6, 6.07) is -0.0438. The first-order chi connectivity index (χ1) is 20.2. The van der Waals surface area contributed by atoms with Gasteiger partial charge >= 0.3 is 12.1 Å². The molecule has 0 aromatic carbocycles. The molecule has 0 spiro atoms. The van der Waals surface area contributed by atoms with Gasteiger partial charge in [0, 0.05) is 49.8 Å². The molecule has 1 saturated heterocycles. The zero-order chi connectivity index (χ0) is 31.4. The Balaban J connectivity index is 1.35. The maximum Gasteiger partial charge on any atom is 0.410 e. The van der Waals surface area contributed by atoms with E-state index in [-0.39, 0.29) is 60.4 Å². The van der Waals surface area contributed by atoms with E-state index in [0.717, 1.165) is 37.1 Å². The lowest BCUT2D eigenvalue weighted by molar-refractivity contribution is -0.168. The number of hydrogen-bond donors (Lipinski definition) is 3. The fraction of sp³-hybridized carbons (Fsp3) is 0.710. The van der Waals surface area contributed by atoms with E-state index in [1.54, 1.807) is 9.91 Å². The summed E-state index contributed by atoms with van der Waals surface area (Å²) < 4.78 is 11.6. The highest BCUT2D eigenvalue weighted by atomic mass is 16.6. The van der Waals surface area contributed by atoms with E-state index >= 15 is 0 Å². The molecule has 4 rings (SSSR count). The molecule has 3 aliphatic heterocycles. The van der Waals surface area contributed by atoms with Gasteiger partial charge in [-0.05, 0) is 78.7 Å². The molecule has 1 unspecified atom stereocenters. The second kappa shape index (κ2) is 13.4. The van der Waals surface area contributed by atoms with Crippen molar-refractivity contribution in [2.75, 3.05) is 19.8 Å². The second-order valence-electron chi connectivity index (χ2n) is 13.2. The highest BCUT2D eigenvalue weighted by Gasteiger charge is 2.48. The van der Waals surface area contributed by atoms with Crippen molar-refractivity contribution in [1.82, 2.24) is 15.2 Å². The number of nitrogens with zero attached hydrogens (tertiary/aromatic N) is 4. The first-order valence-electron chi connectivity index (χ1n) is 15.5. The molecule has 1 atom stereocenters. The van der Waals surface area contributed by atoms with Crippen LogP contribution in [-0.2, 0) is 19.1 Å². The van der Waals surface area contributed by atoms with Crippen LogP contribution in [0.15, 0.2) is 33.2 Å². The number of aliphatic imine (C=N–C) groups is 1. The number of nitrogens with one attached hydrogen (secondary N) is 1. The Hall–Kier alpha value is -3.57. The smallest absolute Gasteiger partial charge is 0.410 e. The van der Waals surface area contributed by atoms with E-state index < -0.39 is 17.2 Å². The van der Waals surface area contributed by atoms with Crippen LogP contribution in [0.5, 0.6) is 0 Å². The molecule has 0 bridgehead atoms. The van der Waals surface area contributed by atoms with Crippen LogP contribution in [0.4, 0.5) is 4.79 Å². The van der Waals surface area contributed by atoms with Crippen molar-refractivity contribution in [2.45, 2.75) is 116 Å². The Bertz CT molecular complexity index is 1200. The SMILES string of the molecule is CC1=CC(C)=NCN1/N=C(\N)CC1=C(O)CC(CCC(=O)NC2CCN(C(=O)OC(C)(C)C)CC2)(C2CCCC2)OC1=O. The third-order valence-corrected chi connectivity index (χ3v) is 8.63. The average molecular weight is 601 g/mol. The van der Waals surface area contributed by atoms with Gasteiger partial charge in [-0.2, -0.15) is 5.10 Å². The number of amidine groups is 1. The van der Waals surface area contributed by atoms with Crippen molar-refractivity contribution in [2.24, 2.45) is 21.7 Å². The van der Waals surface area contributed by atoms with Crippen molar-refractivity contribution in [1.29, 1.82) is 0 Å². The Morgan fingerprint density at radius 2 is 1.88 bits per heavy atom. The normalized spacial score (nSPS) is 24.5. The Labute approximate surface area is 254 Å². The van der Waals surface area contributed by atoms with Crippen LogP contribution in [0.2, 0.25) is 0 Å². The lowest BCUT2D eigenvalue weighted by Crippen LogP contribution is -2.49. The van der Waals surface area contributed by atoms with E-state index in [9.17, 15) is 19.5 Å². The summed E-state index contributed by atoms with van der Waals surface area (Å²) in [5.74, 6) is -0.540. The minimum Gasteiger partial charge on any atom is -0.512 e. The Morgan fingerprint density at radius 3 is 2.49 bits per heavy atom. The molecule has 4 aliphatic rings. The highest BCUT2D eigenvalue weighted by molar-refractivity contribution is 5.98. The van der Waals surface area contributed by atoms with Gasteiger partial charge in [0.05, 0.1) is 5.57 Å². The number of allylic oxidation sites excluding steroid dienone is 2. The maximum atomic E-state index is 13.3. The molecule has 4 N–H and O–H groups in total. The van der Waals surface area contributed by atoms with Gasteiger partial charge < -0.3 is 30.5 Å². The van der Waals surface area contributed by atoms with Crippen molar-refractivity contribution in [3.8, 4) is 0 Å². The molecular weight excluding hydrogens is 552 g/mol. The molecule has 2 fully saturated rings. The third-order valence-electron chi connectivity index (χ3n) is 8.63. The molecule has 0 aromatic rings. The van der Waals surface area contributed by atoms with Crippen LogP contribution in [0.1, 0.15) is 98.8 Å². The van der Waals surface area contributed by atoms with E-state index in [4.69, 9.17) is 15.2 Å². The number of amides is 2. The summed E-state index contributed by atoms with van der Waals surface area (Å²) in [6.07, 6.45) is 7.25. The van der Waals surface area contributed by atoms with Gasteiger partial charge in [0.2, 0.25) is 5.91 Å². The maximum absolute atomic E-state index is 13.3. The number of hydrogen-bond acceptors (Lipinski definition) is 9. The summed E-state index contributed by atoms with van der Waals surface area (Å²) >= 11 is 0. The monoisotopic (exact) mass is 600 g/mol. The summed E-state index contributed by atoms with van der Waals surface area (Å²) in [5, 5.41) is 20.3. The van der Waals surface area contributed by atoms with Crippen LogP contribution < -0.4 is 11.1 Å². The van der Waals surface area contributed by atoms with Gasteiger partial charge in [-0.1, -0.05) is 12.8 Å². The number of aliphatic hydroxyl groups is 1. The van der Waals surface area contributed by atoms with Gasteiger partial charge in [-0.25, -0.2) is 14.6 Å². The Morgan fingerprint density at radius 1 is 1.21 bits per heavy atom. The van der Waals surface area contributed by atoms with Crippen LogP contribution in [-0.4, -0.2) is 81.5 Å². The number of hydrazone groups is 1. The van der Waals surface area contributed by atoms with Crippen molar-refractivity contribution < 1.29 is 29.0 Å². The number of cyclic esters (lactones) is 1. The minimum atomic E-state index is -0.942. The van der Waals surface area contributed by atoms with Gasteiger partial charge in [-0.15, -0.1) is 0 Å². The van der Waals surface area contributed by atoms with Gasteiger partial charge in [0.1, 0.15) is 29.5 Å².